The van der Waals surface area contributed by atoms with Crippen LogP contribution in [0.3, 0.4) is 0 Å². The first-order valence-electron chi connectivity index (χ1n) is 6.70. The van der Waals surface area contributed by atoms with E-state index in [-0.39, 0.29) is 11.6 Å². The van der Waals surface area contributed by atoms with E-state index in [1.54, 1.807) is 6.07 Å². The van der Waals surface area contributed by atoms with Crippen LogP contribution in [0.15, 0.2) is 18.2 Å². The highest BCUT2D eigenvalue weighted by molar-refractivity contribution is 6.16. The second-order valence-electron chi connectivity index (χ2n) is 5.40. The molecule has 0 saturated carbocycles. The number of nitrogens with zero attached hydrogens (tertiary/aromatic N) is 3. The van der Waals surface area contributed by atoms with E-state index in [1.807, 2.05) is 12.1 Å². The minimum Gasteiger partial charge on any atom is -0.376 e. The molecule has 1 saturated heterocycles. The molecule has 104 valence electrons. The van der Waals surface area contributed by atoms with Crippen molar-refractivity contribution in [1.29, 1.82) is 5.26 Å². The standard InChI is InChI=1S/C15H16ClN3O/c1-10-15(2,6-7-20-10)19-12-5-3-4-11(9-17)14(12)18-13(19)8-16/h3-5,10H,6-8H2,1-2H3. The van der Waals surface area contributed by atoms with Crippen molar-refractivity contribution in [3.05, 3.63) is 29.6 Å². The van der Waals surface area contributed by atoms with Crippen molar-refractivity contribution in [2.45, 2.75) is 37.8 Å². The van der Waals surface area contributed by atoms with Crippen LogP contribution < -0.4 is 0 Å². The normalized spacial score (nSPS) is 26.0. The summed E-state index contributed by atoms with van der Waals surface area (Å²) in [4.78, 5) is 4.58. The summed E-state index contributed by atoms with van der Waals surface area (Å²) in [5.41, 5.74) is 2.10. The van der Waals surface area contributed by atoms with Gasteiger partial charge in [-0.1, -0.05) is 6.07 Å². The molecule has 1 aromatic carbocycles. The molecule has 5 heteroatoms. The average Bonchev–Trinajstić information content (AvgIpc) is 3.00. The average molecular weight is 290 g/mol. The number of fused-ring (bicyclic) bond motifs is 1. The zero-order valence-electron chi connectivity index (χ0n) is 11.6. The molecule has 0 radical (unpaired) electrons. The highest BCUT2D eigenvalue weighted by Crippen LogP contribution is 2.37. The smallest absolute Gasteiger partial charge is 0.125 e. The van der Waals surface area contributed by atoms with Gasteiger partial charge in [0.25, 0.3) is 0 Å². The minimum atomic E-state index is -0.174. The molecule has 0 N–H and O–H groups in total. The van der Waals surface area contributed by atoms with Crippen LogP contribution in [0.1, 0.15) is 31.7 Å². The summed E-state index contributed by atoms with van der Waals surface area (Å²) < 4.78 is 7.90. The predicted octanol–water partition coefficient (Wildman–Crippen LogP) is 3.17. The molecule has 0 bridgehead atoms. The van der Waals surface area contributed by atoms with Crippen LogP contribution in [0, 0.1) is 11.3 Å². The Hall–Kier alpha value is -1.57. The second-order valence-corrected chi connectivity index (χ2v) is 5.67. The molecule has 2 heterocycles. The monoisotopic (exact) mass is 289 g/mol. The third kappa shape index (κ3) is 1.74. The molecule has 1 aliphatic rings. The van der Waals surface area contributed by atoms with Crippen LogP contribution in [0.2, 0.25) is 0 Å². The number of aromatic nitrogens is 2. The van der Waals surface area contributed by atoms with Gasteiger partial charge in [-0.3, -0.25) is 0 Å². The lowest BCUT2D eigenvalue weighted by Gasteiger charge is -2.31. The Labute approximate surface area is 122 Å². The number of rotatable bonds is 2. The topological polar surface area (TPSA) is 50.8 Å². The number of para-hydroxylation sites is 1. The number of halogens is 1. The maximum absolute atomic E-state index is 9.23. The van der Waals surface area contributed by atoms with Crippen LogP contribution in [0.4, 0.5) is 0 Å². The van der Waals surface area contributed by atoms with E-state index in [2.05, 4.69) is 29.5 Å². The Morgan fingerprint density at radius 3 is 3.00 bits per heavy atom. The van der Waals surface area contributed by atoms with Crippen molar-refractivity contribution in [3.8, 4) is 6.07 Å². The summed E-state index contributed by atoms with van der Waals surface area (Å²) >= 11 is 6.08. The fourth-order valence-electron chi connectivity index (χ4n) is 3.02. The predicted molar refractivity (Wildman–Crippen MR) is 77.7 cm³/mol. The van der Waals surface area contributed by atoms with Crippen molar-refractivity contribution in [3.63, 3.8) is 0 Å². The molecule has 2 aromatic rings. The number of alkyl halides is 1. The second kappa shape index (κ2) is 4.76. The van der Waals surface area contributed by atoms with Crippen LogP contribution in [-0.4, -0.2) is 22.3 Å². The van der Waals surface area contributed by atoms with E-state index in [1.165, 1.54) is 0 Å². The van der Waals surface area contributed by atoms with Gasteiger partial charge in [-0.05, 0) is 32.4 Å². The fourth-order valence-corrected chi connectivity index (χ4v) is 3.20. The van der Waals surface area contributed by atoms with Gasteiger partial charge >= 0.3 is 0 Å². The minimum absolute atomic E-state index is 0.0904. The van der Waals surface area contributed by atoms with E-state index in [0.717, 1.165) is 29.9 Å². The Morgan fingerprint density at radius 2 is 2.40 bits per heavy atom. The van der Waals surface area contributed by atoms with Crippen molar-refractivity contribution < 1.29 is 4.74 Å². The Kier molecular flexibility index (Phi) is 3.19. The number of imidazole rings is 1. The number of ether oxygens (including phenoxy) is 1. The van der Waals surface area contributed by atoms with E-state index in [9.17, 15) is 5.26 Å². The van der Waals surface area contributed by atoms with Gasteiger partial charge < -0.3 is 9.30 Å². The van der Waals surface area contributed by atoms with E-state index in [0.29, 0.717) is 11.4 Å². The molecule has 1 aromatic heterocycles. The summed E-state index contributed by atoms with van der Waals surface area (Å²) in [6.07, 6.45) is 1.01. The molecule has 0 spiro atoms. The molecule has 20 heavy (non-hydrogen) atoms. The molecule has 1 fully saturated rings. The summed E-state index contributed by atoms with van der Waals surface area (Å²) in [7, 11) is 0. The Balaban J connectivity index is 2.32. The van der Waals surface area contributed by atoms with Crippen LogP contribution in [0.25, 0.3) is 11.0 Å². The molecule has 4 nitrogen and oxygen atoms in total. The molecule has 2 atom stereocenters. The number of benzene rings is 1. The highest BCUT2D eigenvalue weighted by atomic mass is 35.5. The lowest BCUT2D eigenvalue weighted by atomic mass is 9.93. The van der Waals surface area contributed by atoms with Gasteiger partial charge in [-0.25, -0.2) is 4.98 Å². The van der Waals surface area contributed by atoms with Crippen molar-refractivity contribution in [2.24, 2.45) is 0 Å². The summed E-state index contributed by atoms with van der Waals surface area (Å²) in [6, 6.07) is 7.87. The van der Waals surface area contributed by atoms with Crippen molar-refractivity contribution in [2.75, 3.05) is 6.61 Å². The van der Waals surface area contributed by atoms with Gasteiger partial charge in [0, 0.05) is 6.61 Å². The molecular weight excluding hydrogens is 274 g/mol. The first kappa shape index (κ1) is 13.4. The zero-order chi connectivity index (χ0) is 14.3. The first-order valence-corrected chi connectivity index (χ1v) is 7.23. The number of hydrogen-bond acceptors (Lipinski definition) is 3. The Bertz CT molecular complexity index is 703. The maximum atomic E-state index is 9.23. The Morgan fingerprint density at radius 1 is 1.60 bits per heavy atom. The summed E-state index contributed by atoms with van der Waals surface area (Å²) in [5, 5.41) is 9.23. The van der Waals surface area contributed by atoms with Crippen LogP contribution in [0.5, 0.6) is 0 Å². The van der Waals surface area contributed by atoms with Gasteiger partial charge in [-0.2, -0.15) is 5.26 Å². The quantitative estimate of drug-likeness (QED) is 0.798. The lowest BCUT2D eigenvalue weighted by Crippen LogP contribution is -2.37. The van der Waals surface area contributed by atoms with E-state index in [4.69, 9.17) is 16.3 Å². The van der Waals surface area contributed by atoms with Gasteiger partial charge in [0.15, 0.2) is 0 Å². The van der Waals surface area contributed by atoms with E-state index >= 15 is 0 Å². The largest absolute Gasteiger partial charge is 0.376 e. The molecule has 0 aliphatic carbocycles. The maximum Gasteiger partial charge on any atom is 0.125 e. The van der Waals surface area contributed by atoms with Crippen LogP contribution in [-0.2, 0) is 16.2 Å². The molecule has 3 rings (SSSR count). The summed E-state index contributed by atoms with van der Waals surface area (Å²) in [5.74, 6) is 1.12. The fraction of sp³-hybridized carbons (Fsp3) is 0.467. The lowest BCUT2D eigenvalue weighted by molar-refractivity contribution is 0.0766. The zero-order valence-corrected chi connectivity index (χ0v) is 12.3. The number of nitriles is 1. The van der Waals surface area contributed by atoms with Crippen molar-refractivity contribution in [1.82, 2.24) is 9.55 Å². The third-order valence-corrected chi connectivity index (χ3v) is 4.60. The molecular formula is C15H16ClN3O. The van der Waals surface area contributed by atoms with Gasteiger partial charge in [0.2, 0.25) is 0 Å². The molecule has 0 amide bonds. The third-order valence-electron chi connectivity index (χ3n) is 4.36. The van der Waals surface area contributed by atoms with Gasteiger partial charge in [0.05, 0.1) is 28.6 Å². The van der Waals surface area contributed by atoms with Crippen molar-refractivity contribution >= 4 is 22.6 Å². The van der Waals surface area contributed by atoms with Gasteiger partial charge in [-0.15, -0.1) is 11.6 Å². The first-order chi connectivity index (χ1) is 9.61. The molecule has 1 aliphatic heterocycles. The van der Waals surface area contributed by atoms with Crippen LogP contribution >= 0.6 is 11.6 Å². The van der Waals surface area contributed by atoms with E-state index < -0.39 is 0 Å². The highest BCUT2D eigenvalue weighted by Gasteiger charge is 2.41. The number of hydrogen-bond donors (Lipinski definition) is 0. The SMILES string of the molecule is CC1OCCC1(C)n1c(CCl)nc2c(C#N)cccc21. The summed E-state index contributed by atoms with van der Waals surface area (Å²) in [6.45, 7) is 4.98. The molecule has 2 unspecified atom stereocenters. The van der Waals surface area contributed by atoms with Gasteiger partial charge in [0.1, 0.15) is 17.4 Å².